The SMILES string of the molecule is CCOC(=O)C(C)(CCCN1CCN(CC)CC1)NC. The summed E-state index contributed by atoms with van der Waals surface area (Å²) in [7, 11) is 1.83. The molecule has 0 aromatic heterocycles. The van der Waals surface area contributed by atoms with Crippen molar-refractivity contribution in [2.75, 3.05) is 52.9 Å². The Hall–Kier alpha value is -0.650. The summed E-state index contributed by atoms with van der Waals surface area (Å²) in [6.45, 7) is 13.3. The summed E-state index contributed by atoms with van der Waals surface area (Å²) in [4.78, 5) is 16.9. The molecule has 20 heavy (non-hydrogen) atoms. The zero-order chi connectivity index (χ0) is 15.0. The number of ether oxygens (including phenoxy) is 1. The zero-order valence-electron chi connectivity index (χ0n) is 13.6. The second kappa shape index (κ2) is 8.60. The first-order valence-electron chi connectivity index (χ1n) is 7.86. The van der Waals surface area contributed by atoms with Crippen molar-refractivity contribution in [3.05, 3.63) is 0 Å². The second-order valence-electron chi connectivity index (χ2n) is 5.68. The van der Waals surface area contributed by atoms with Crippen molar-refractivity contribution in [2.24, 2.45) is 0 Å². The van der Waals surface area contributed by atoms with E-state index in [0.29, 0.717) is 6.61 Å². The Bertz CT molecular complexity index is 291. The van der Waals surface area contributed by atoms with E-state index in [2.05, 4.69) is 22.0 Å². The van der Waals surface area contributed by atoms with E-state index in [4.69, 9.17) is 4.74 Å². The van der Waals surface area contributed by atoms with Crippen LogP contribution in [0.5, 0.6) is 0 Å². The number of nitrogens with zero attached hydrogens (tertiary/aromatic N) is 2. The van der Waals surface area contributed by atoms with Gasteiger partial charge < -0.3 is 19.9 Å². The number of piperazine rings is 1. The summed E-state index contributed by atoms with van der Waals surface area (Å²) in [5.74, 6) is -0.140. The first-order chi connectivity index (χ1) is 9.55. The summed E-state index contributed by atoms with van der Waals surface area (Å²) in [6, 6.07) is 0. The van der Waals surface area contributed by atoms with Crippen molar-refractivity contribution in [1.82, 2.24) is 15.1 Å². The van der Waals surface area contributed by atoms with E-state index in [1.165, 1.54) is 0 Å². The van der Waals surface area contributed by atoms with Gasteiger partial charge in [0.2, 0.25) is 0 Å². The van der Waals surface area contributed by atoms with E-state index in [1.807, 2.05) is 20.9 Å². The number of rotatable bonds is 8. The number of esters is 1. The van der Waals surface area contributed by atoms with E-state index in [-0.39, 0.29) is 5.97 Å². The largest absolute Gasteiger partial charge is 0.465 e. The number of carbonyl (C=O) groups excluding carboxylic acids is 1. The van der Waals surface area contributed by atoms with E-state index < -0.39 is 5.54 Å². The number of carbonyl (C=O) groups is 1. The van der Waals surface area contributed by atoms with Gasteiger partial charge in [0, 0.05) is 26.2 Å². The van der Waals surface area contributed by atoms with Crippen LogP contribution in [0.3, 0.4) is 0 Å². The monoisotopic (exact) mass is 285 g/mol. The molecule has 0 saturated carbocycles. The Labute approximate surface area is 123 Å². The molecular weight excluding hydrogens is 254 g/mol. The molecule has 0 spiro atoms. The molecule has 5 heteroatoms. The second-order valence-corrected chi connectivity index (χ2v) is 5.68. The molecule has 5 nitrogen and oxygen atoms in total. The lowest BCUT2D eigenvalue weighted by Crippen LogP contribution is -2.50. The third-order valence-electron chi connectivity index (χ3n) is 4.34. The molecule has 1 aliphatic heterocycles. The Morgan fingerprint density at radius 1 is 1.20 bits per heavy atom. The first-order valence-corrected chi connectivity index (χ1v) is 7.86. The van der Waals surface area contributed by atoms with Crippen LogP contribution in [0.25, 0.3) is 0 Å². The Kier molecular flexibility index (Phi) is 7.48. The van der Waals surface area contributed by atoms with Crippen LogP contribution in [0.15, 0.2) is 0 Å². The normalized spacial score (nSPS) is 20.6. The van der Waals surface area contributed by atoms with Gasteiger partial charge in [-0.15, -0.1) is 0 Å². The maximum Gasteiger partial charge on any atom is 0.326 e. The van der Waals surface area contributed by atoms with Gasteiger partial charge in [0.25, 0.3) is 0 Å². The Balaban J connectivity index is 2.29. The molecule has 1 unspecified atom stereocenters. The van der Waals surface area contributed by atoms with Crippen LogP contribution in [-0.2, 0) is 9.53 Å². The quantitative estimate of drug-likeness (QED) is 0.673. The van der Waals surface area contributed by atoms with Gasteiger partial charge in [-0.25, -0.2) is 0 Å². The molecule has 118 valence electrons. The molecule has 0 aliphatic carbocycles. The van der Waals surface area contributed by atoms with Crippen LogP contribution < -0.4 is 5.32 Å². The molecule has 1 aliphatic rings. The standard InChI is InChI=1S/C15H31N3O2/c1-5-17-10-12-18(13-11-17)9-7-8-15(3,16-4)14(19)20-6-2/h16H,5-13H2,1-4H3. The van der Waals surface area contributed by atoms with Gasteiger partial charge >= 0.3 is 5.97 Å². The van der Waals surface area contributed by atoms with Gasteiger partial charge in [-0.3, -0.25) is 4.79 Å². The highest BCUT2D eigenvalue weighted by atomic mass is 16.5. The summed E-state index contributed by atoms with van der Waals surface area (Å²) >= 11 is 0. The van der Waals surface area contributed by atoms with Crippen LogP contribution in [0.1, 0.15) is 33.6 Å². The van der Waals surface area contributed by atoms with E-state index >= 15 is 0 Å². The van der Waals surface area contributed by atoms with E-state index in [0.717, 1.165) is 52.1 Å². The summed E-state index contributed by atoms with van der Waals surface area (Å²) in [5, 5.41) is 3.12. The lowest BCUT2D eigenvalue weighted by atomic mass is 9.96. The van der Waals surface area contributed by atoms with Crippen molar-refractivity contribution < 1.29 is 9.53 Å². The molecule has 0 aromatic carbocycles. The molecule has 0 radical (unpaired) electrons. The number of hydrogen-bond acceptors (Lipinski definition) is 5. The van der Waals surface area contributed by atoms with Crippen molar-refractivity contribution in [3.63, 3.8) is 0 Å². The molecule has 0 amide bonds. The fourth-order valence-electron chi connectivity index (χ4n) is 2.60. The van der Waals surface area contributed by atoms with Crippen LogP contribution in [0.4, 0.5) is 0 Å². The van der Waals surface area contributed by atoms with Gasteiger partial charge in [-0.05, 0) is 46.8 Å². The molecule has 1 rings (SSSR count). The lowest BCUT2D eigenvalue weighted by molar-refractivity contribution is -0.150. The number of likely N-dealkylation sites (N-methyl/N-ethyl adjacent to an activating group) is 2. The van der Waals surface area contributed by atoms with Gasteiger partial charge in [0.15, 0.2) is 0 Å². The summed E-state index contributed by atoms with van der Waals surface area (Å²) in [5.41, 5.74) is -0.554. The molecule has 1 saturated heterocycles. The van der Waals surface area contributed by atoms with Gasteiger partial charge in [-0.2, -0.15) is 0 Å². The topological polar surface area (TPSA) is 44.8 Å². The Morgan fingerprint density at radius 2 is 1.80 bits per heavy atom. The predicted molar refractivity (Wildman–Crippen MR) is 81.9 cm³/mol. The highest BCUT2D eigenvalue weighted by molar-refractivity contribution is 5.80. The molecule has 1 N–H and O–H groups in total. The fourth-order valence-corrected chi connectivity index (χ4v) is 2.60. The van der Waals surface area contributed by atoms with Crippen LogP contribution in [0.2, 0.25) is 0 Å². The third-order valence-corrected chi connectivity index (χ3v) is 4.34. The van der Waals surface area contributed by atoms with Crippen LogP contribution in [-0.4, -0.2) is 74.2 Å². The zero-order valence-corrected chi connectivity index (χ0v) is 13.6. The average molecular weight is 285 g/mol. The highest BCUT2D eigenvalue weighted by Gasteiger charge is 2.32. The van der Waals surface area contributed by atoms with Crippen LogP contribution >= 0.6 is 0 Å². The Morgan fingerprint density at radius 3 is 2.30 bits per heavy atom. The molecule has 0 bridgehead atoms. The van der Waals surface area contributed by atoms with Crippen molar-refractivity contribution in [2.45, 2.75) is 39.2 Å². The van der Waals surface area contributed by atoms with Gasteiger partial charge in [0.05, 0.1) is 6.61 Å². The summed E-state index contributed by atoms with van der Waals surface area (Å²) in [6.07, 6.45) is 1.83. The van der Waals surface area contributed by atoms with E-state index in [9.17, 15) is 4.79 Å². The maximum absolute atomic E-state index is 12.0. The molecule has 0 aromatic rings. The average Bonchev–Trinajstić information content (AvgIpc) is 2.48. The van der Waals surface area contributed by atoms with Crippen LogP contribution in [0, 0.1) is 0 Å². The van der Waals surface area contributed by atoms with Crippen molar-refractivity contribution in [1.29, 1.82) is 0 Å². The maximum atomic E-state index is 12.0. The molecule has 1 heterocycles. The molecule has 1 fully saturated rings. The minimum Gasteiger partial charge on any atom is -0.465 e. The molecular formula is C15H31N3O2. The summed E-state index contributed by atoms with van der Waals surface area (Å²) < 4.78 is 5.15. The van der Waals surface area contributed by atoms with E-state index in [1.54, 1.807) is 0 Å². The predicted octanol–water partition coefficient (Wildman–Crippen LogP) is 0.945. The molecule has 1 atom stereocenters. The third kappa shape index (κ3) is 5.04. The number of nitrogens with one attached hydrogen (secondary N) is 1. The minimum absolute atomic E-state index is 0.140. The number of hydrogen-bond donors (Lipinski definition) is 1. The lowest BCUT2D eigenvalue weighted by Gasteiger charge is -2.34. The van der Waals surface area contributed by atoms with Gasteiger partial charge in [-0.1, -0.05) is 6.92 Å². The fraction of sp³-hybridized carbons (Fsp3) is 0.933. The highest BCUT2D eigenvalue weighted by Crippen LogP contribution is 2.15. The van der Waals surface area contributed by atoms with Crippen molar-refractivity contribution in [3.8, 4) is 0 Å². The van der Waals surface area contributed by atoms with Gasteiger partial charge in [0.1, 0.15) is 5.54 Å². The smallest absolute Gasteiger partial charge is 0.326 e. The first kappa shape index (κ1) is 17.4. The van der Waals surface area contributed by atoms with Crippen molar-refractivity contribution >= 4 is 5.97 Å². The minimum atomic E-state index is -0.554.